The van der Waals surface area contributed by atoms with Crippen LogP contribution in [0.4, 0.5) is 5.82 Å². The van der Waals surface area contributed by atoms with Gasteiger partial charge in [-0.3, -0.25) is 0 Å². The maximum Gasteiger partial charge on any atom is 0.131 e. The summed E-state index contributed by atoms with van der Waals surface area (Å²) in [5, 5.41) is 5.39. The second-order valence-corrected chi connectivity index (χ2v) is 5.26. The van der Waals surface area contributed by atoms with Crippen LogP contribution in [0.25, 0.3) is 16.9 Å². The molecular weight excluding hydrogens is 282 g/mol. The van der Waals surface area contributed by atoms with E-state index >= 15 is 0 Å². The zero-order chi connectivity index (χ0) is 14.8. The Bertz CT molecular complexity index is 763. The third-order valence-corrected chi connectivity index (χ3v) is 3.71. The molecule has 3 nitrogen and oxygen atoms in total. The lowest BCUT2D eigenvalue weighted by Gasteiger charge is -2.03. The number of benzene rings is 2. The third-order valence-electron chi connectivity index (χ3n) is 3.48. The van der Waals surface area contributed by atoms with Gasteiger partial charge < -0.3 is 5.73 Å². The van der Waals surface area contributed by atoms with Crippen molar-refractivity contribution in [1.82, 2.24) is 9.78 Å². The van der Waals surface area contributed by atoms with Crippen LogP contribution in [0.1, 0.15) is 12.5 Å². The smallest absolute Gasteiger partial charge is 0.131 e. The maximum atomic E-state index is 6.29. The van der Waals surface area contributed by atoms with Gasteiger partial charge in [-0.05, 0) is 30.7 Å². The zero-order valence-electron chi connectivity index (χ0n) is 11.8. The highest BCUT2D eigenvalue weighted by atomic mass is 35.5. The Morgan fingerprint density at radius 2 is 1.86 bits per heavy atom. The highest BCUT2D eigenvalue weighted by Crippen LogP contribution is 2.30. The van der Waals surface area contributed by atoms with Crippen molar-refractivity contribution >= 4 is 17.4 Å². The van der Waals surface area contributed by atoms with Crippen LogP contribution < -0.4 is 5.73 Å². The summed E-state index contributed by atoms with van der Waals surface area (Å²) < 4.78 is 1.79. The number of nitrogen functional groups attached to an aromatic ring is 1. The molecule has 0 atom stereocenters. The van der Waals surface area contributed by atoms with E-state index < -0.39 is 0 Å². The van der Waals surface area contributed by atoms with E-state index in [1.165, 1.54) is 0 Å². The van der Waals surface area contributed by atoms with E-state index in [1.807, 2.05) is 54.6 Å². The van der Waals surface area contributed by atoms with E-state index in [0.717, 1.165) is 28.9 Å². The van der Waals surface area contributed by atoms with Gasteiger partial charge in [0.15, 0.2) is 0 Å². The number of hydrogen-bond donors (Lipinski definition) is 1. The highest BCUT2D eigenvalue weighted by molar-refractivity contribution is 6.30. The summed E-state index contributed by atoms with van der Waals surface area (Å²) in [6.45, 7) is 2.08. The van der Waals surface area contributed by atoms with Crippen LogP contribution in [0.2, 0.25) is 5.02 Å². The zero-order valence-corrected chi connectivity index (χ0v) is 12.5. The lowest BCUT2D eigenvalue weighted by molar-refractivity contribution is 0.895. The number of nitrogens with zero attached hydrogens (tertiary/aromatic N) is 2. The van der Waals surface area contributed by atoms with Gasteiger partial charge in [-0.25, -0.2) is 4.68 Å². The van der Waals surface area contributed by atoms with Gasteiger partial charge >= 0.3 is 0 Å². The Balaban J connectivity index is 2.19. The number of anilines is 1. The molecule has 0 saturated heterocycles. The fourth-order valence-corrected chi connectivity index (χ4v) is 2.64. The molecule has 1 aromatic heterocycles. The fraction of sp³-hybridized carbons (Fsp3) is 0.118. The van der Waals surface area contributed by atoms with Crippen molar-refractivity contribution in [2.75, 3.05) is 5.73 Å². The van der Waals surface area contributed by atoms with Crippen LogP contribution in [0.5, 0.6) is 0 Å². The van der Waals surface area contributed by atoms with Crippen molar-refractivity contribution < 1.29 is 0 Å². The predicted octanol–water partition coefficient (Wildman–Crippen LogP) is 4.34. The molecule has 0 aliphatic carbocycles. The van der Waals surface area contributed by atoms with Crippen molar-refractivity contribution in [3.05, 3.63) is 65.2 Å². The molecule has 106 valence electrons. The van der Waals surface area contributed by atoms with Gasteiger partial charge in [-0.15, -0.1) is 0 Å². The van der Waals surface area contributed by atoms with Gasteiger partial charge in [0, 0.05) is 16.1 Å². The summed E-state index contributed by atoms with van der Waals surface area (Å²) >= 11 is 6.09. The van der Waals surface area contributed by atoms with E-state index in [0.29, 0.717) is 10.8 Å². The van der Waals surface area contributed by atoms with Crippen LogP contribution in [0.15, 0.2) is 54.6 Å². The lowest BCUT2D eigenvalue weighted by atomic mass is 10.1. The van der Waals surface area contributed by atoms with E-state index in [9.17, 15) is 0 Å². The molecule has 2 N–H and O–H groups in total. The van der Waals surface area contributed by atoms with Crippen LogP contribution in [-0.2, 0) is 6.42 Å². The van der Waals surface area contributed by atoms with Gasteiger partial charge in [0.05, 0.1) is 11.4 Å². The molecule has 1 heterocycles. The van der Waals surface area contributed by atoms with Gasteiger partial charge in [-0.1, -0.05) is 48.9 Å². The molecule has 3 aromatic rings. The Labute approximate surface area is 129 Å². The Kier molecular flexibility index (Phi) is 3.67. The van der Waals surface area contributed by atoms with Crippen LogP contribution in [-0.4, -0.2) is 9.78 Å². The Morgan fingerprint density at radius 3 is 2.52 bits per heavy atom. The molecule has 0 spiro atoms. The average molecular weight is 298 g/mol. The molecule has 0 aliphatic rings. The number of hydrogen-bond acceptors (Lipinski definition) is 2. The first-order valence-electron chi connectivity index (χ1n) is 6.89. The number of rotatable bonds is 3. The Hall–Kier alpha value is -2.26. The largest absolute Gasteiger partial charge is 0.383 e. The molecule has 4 heteroatoms. The second kappa shape index (κ2) is 5.62. The molecular formula is C17H16ClN3. The van der Waals surface area contributed by atoms with Crippen LogP contribution >= 0.6 is 11.6 Å². The average Bonchev–Trinajstić information content (AvgIpc) is 2.85. The third kappa shape index (κ3) is 2.52. The number of aromatic nitrogens is 2. The Morgan fingerprint density at radius 1 is 1.10 bits per heavy atom. The predicted molar refractivity (Wildman–Crippen MR) is 87.8 cm³/mol. The normalized spacial score (nSPS) is 10.8. The molecule has 21 heavy (non-hydrogen) atoms. The first kappa shape index (κ1) is 13.7. The van der Waals surface area contributed by atoms with Crippen molar-refractivity contribution in [2.45, 2.75) is 13.3 Å². The number of para-hydroxylation sites is 1. The second-order valence-electron chi connectivity index (χ2n) is 4.82. The molecule has 0 unspecified atom stereocenters. The quantitative estimate of drug-likeness (QED) is 0.781. The minimum atomic E-state index is 0.679. The van der Waals surface area contributed by atoms with Crippen molar-refractivity contribution in [3.63, 3.8) is 0 Å². The molecule has 2 aromatic carbocycles. The van der Waals surface area contributed by atoms with Crippen LogP contribution in [0, 0.1) is 0 Å². The summed E-state index contributed by atoms with van der Waals surface area (Å²) in [6.07, 6.45) is 0.820. The number of halogens is 1. The molecule has 0 fully saturated rings. The maximum absolute atomic E-state index is 6.29. The molecule has 0 saturated carbocycles. The van der Waals surface area contributed by atoms with Crippen LogP contribution in [0.3, 0.4) is 0 Å². The van der Waals surface area contributed by atoms with E-state index in [-0.39, 0.29) is 0 Å². The van der Waals surface area contributed by atoms with E-state index in [4.69, 9.17) is 22.4 Å². The van der Waals surface area contributed by atoms with Gasteiger partial charge in [0.25, 0.3) is 0 Å². The summed E-state index contributed by atoms with van der Waals surface area (Å²) in [7, 11) is 0. The fourth-order valence-electron chi connectivity index (χ4n) is 2.45. The van der Waals surface area contributed by atoms with E-state index in [1.54, 1.807) is 4.68 Å². The minimum absolute atomic E-state index is 0.679. The number of nitrogens with two attached hydrogens (primary N) is 1. The summed E-state index contributed by atoms with van der Waals surface area (Å²) in [5.74, 6) is 0.679. The molecule has 0 amide bonds. The van der Waals surface area contributed by atoms with Gasteiger partial charge in [0.1, 0.15) is 5.82 Å². The van der Waals surface area contributed by atoms with Crippen molar-refractivity contribution in [1.29, 1.82) is 0 Å². The first-order valence-corrected chi connectivity index (χ1v) is 7.27. The molecule has 0 radical (unpaired) electrons. The standard InChI is InChI=1S/C17H16ClN3/c1-2-15-16(12-7-6-8-13(18)11-12)20-21(17(15)19)14-9-4-3-5-10-14/h3-11H,2,19H2,1H3. The van der Waals surface area contributed by atoms with Crippen molar-refractivity contribution in [2.24, 2.45) is 0 Å². The van der Waals surface area contributed by atoms with Gasteiger partial charge in [-0.2, -0.15) is 5.10 Å². The SMILES string of the molecule is CCc1c(-c2cccc(Cl)c2)nn(-c2ccccc2)c1N. The minimum Gasteiger partial charge on any atom is -0.383 e. The molecule has 0 aliphatic heterocycles. The van der Waals surface area contributed by atoms with Crippen molar-refractivity contribution in [3.8, 4) is 16.9 Å². The van der Waals surface area contributed by atoms with E-state index in [2.05, 4.69) is 6.92 Å². The molecule has 3 rings (SSSR count). The molecule has 0 bridgehead atoms. The lowest BCUT2D eigenvalue weighted by Crippen LogP contribution is -2.02. The monoisotopic (exact) mass is 297 g/mol. The highest BCUT2D eigenvalue weighted by Gasteiger charge is 2.16. The summed E-state index contributed by atoms with van der Waals surface area (Å²) in [4.78, 5) is 0. The van der Waals surface area contributed by atoms with Gasteiger partial charge in [0.2, 0.25) is 0 Å². The summed E-state index contributed by atoms with van der Waals surface area (Å²) in [5.41, 5.74) is 10.2. The summed E-state index contributed by atoms with van der Waals surface area (Å²) in [6, 6.07) is 17.6. The first-order chi connectivity index (χ1) is 10.2. The topological polar surface area (TPSA) is 43.8 Å².